The van der Waals surface area contributed by atoms with Crippen LogP contribution in [0.15, 0.2) is 72.9 Å². The Morgan fingerprint density at radius 1 is 0.840 bits per heavy atom. The Kier molecular flexibility index (Phi) is 3.53. The highest BCUT2D eigenvalue weighted by atomic mass is 19.4. The fourth-order valence-electron chi connectivity index (χ4n) is 2.71. The maximum atomic E-state index is 13.1. The summed E-state index contributed by atoms with van der Waals surface area (Å²) in [6, 6.07) is 19.4. The Hall–Kier alpha value is -3.15. The van der Waals surface area contributed by atoms with E-state index in [1.54, 1.807) is 12.1 Å². The second kappa shape index (κ2) is 5.73. The highest BCUT2D eigenvalue weighted by Crippen LogP contribution is 2.34. The first kappa shape index (κ1) is 15.4. The third-order valence-corrected chi connectivity index (χ3v) is 3.90. The number of hydrogen-bond donors (Lipinski definition) is 0. The van der Waals surface area contributed by atoms with Crippen molar-refractivity contribution in [3.05, 3.63) is 78.5 Å². The molecule has 4 rings (SSSR count). The van der Waals surface area contributed by atoms with Crippen molar-refractivity contribution in [1.29, 1.82) is 0 Å². The van der Waals surface area contributed by atoms with Gasteiger partial charge >= 0.3 is 6.18 Å². The second-order valence-corrected chi connectivity index (χ2v) is 5.55. The average molecular weight is 339 g/mol. The van der Waals surface area contributed by atoms with Crippen LogP contribution in [0.2, 0.25) is 0 Å². The zero-order valence-electron chi connectivity index (χ0n) is 12.9. The molecule has 0 saturated heterocycles. The van der Waals surface area contributed by atoms with Crippen LogP contribution in [0.4, 0.5) is 13.2 Å². The molecular formula is C19H12F3N3. The first-order valence-electron chi connectivity index (χ1n) is 7.61. The standard InChI is InChI=1S/C19H12F3N3/c20-19(21,22)14-11-16-18(23-12-14)17(13-7-3-1-4-8-13)24-25(16)15-9-5-2-6-10-15/h1-12H. The van der Waals surface area contributed by atoms with Gasteiger partial charge in [0.05, 0.1) is 16.8 Å². The molecule has 0 atom stereocenters. The monoisotopic (exact) mass is 339 g/mol. The molecule has 0 fully saturated rings. The largest absolute Gasteiger partial charge is 0.417 e. The minimum atomic E-state index is -4.46. The lowest BCUT2D eigenvalue weighted by atomic mass is 10.1. The summed E-state index contributed by atoms with van der Waals surface area (Å²) in [6.07, 6.45) is -3.61. The van der Waals surface area contributed by atoms with Crippen molar-refractivity contribution in [2.24, 2.45) is 0 Å². The van der Waals surface area contributed by atoms with Crippen LogP contribution in [0.25, 0.3) is 28.0 Å². The van der Waals surface area contributed by atoms with E-state index in [2.05, 4.69) is 10.1 Å². The number of pyridine rings is 1. The van der Waals surface area contributed by atoms with Gasteiger partial charge in [-0.05, 0) is 18.2 Å². The molecule has 0 N–H and O–H groups in total. The number of halogens is 3. The fourth-order valence-corrected chi connectivity index (χ4v) is 2.71. The van der Waals surface area contributed by atoms with Crippen LogP contribution in [-0.4, -0.2) is 14.8 Å². The highest BCUT2D eigenvalue weighted by Gasteiger charge is 2.32. The molecule has 2 aromatic carbocycles. The predicted molar refractivity (Wildman–Crippen MR) is 89.3 cm³/mol. The molecule has 2 aromatic heterocycles. The topological polar surface area (TPSA) is 30.7 Å². The first-order valence-corrected chi connectivity index (χ1v) is 7.61. The van der Waals surface area contributed by atoms with Crippen molar-refractivity contribution in [3.63, 3.8) is 0 Å². The summed E-state index contributed by atoms with van der Waals surface area (Å²) in [6.45, 7) is 0. The highest BCUT2D eigenvalue weighted by molar-refractivity contribution is 5.91. The second-order valence-electron chi connectivity index (χ2n) is 5.55. The van der Waals surface area contributed by atoms with Gasteiger partial charge < -0.3 is 0 Å². The van der Waals surface area contributed by atoms with Crippen molar-refractivity contribution < 1.29 is 13.2 Å². The Morgan fingerprint density at radius 2 is 1.48 bits per heavy atom. The maximum absolute atomic E-state index is 13.1. The van der Waals surface area contributed by atoms with Crippen LogP contribution in [-0.2, 0) is 6.18 Å². The van der Waals surface area contributed by atoms with Gasteiger partial charge in [0.1, 0.15) is 11.2 Å². The summed E-state index contributed by atoms with van der Waals surface area (Å²) in [5.74, 6) is 0. The smallest absolute Gasteiger partial charge is 0.252 e. The molecule has 124 valence electrons. The van der Waals surface area contributed by atoms with Gasteiger partial charge in [-0.15, -0.1) is 0 Å². The molecule has 3 nitrogen and oxygen atoms in total. The van der Waals surface area contributed by atoms with E-state index in [9.17, 15) is 13.2 Å². The first-order chi connectivity index (χ1) is 12.0. The number of alkyl halides is 3. The van der Waals surface area contributed by atoms with Crippen molar-refractivity contribution >= 4 is 11.0 Å². The Labute approximate surface area is 141 Å². The van der Waals surface area contributed by atoms with Crippen molar-refractivity contribution in [3.8, 4) is 16.9 Å². The Bertz CT molecular complexity index is 1020. The lowest BCUT2D eigenvalue weighted by molar-refractivity contribution is -0.137. The zero-order valence-corrected chi connectivity index (χ0v) is 12.9. The molecule has 2 heterocycles. The number of para-hydroxylation sites is 1. The van der Waals surface area contributed by atoms with Crippen LogP contribution in [0.5, 0.6) is 0 Å². The lowest BCUT2D eigenvalue weighted by Gasteiger charge is -2.07. The van der Waals surface area contributed by atoms with Gasteiger partial charge in [-0.1, -0.05) is 48.5 Å². The molecule has 0 aliphatic rings. The van der Waals surface area contributed by atoms with Gasteiger partial charge in [0, 0.05) is 11.8 Å². The van der Waals surface area contributed by atoms with Gasteiger partial charge in [-0.2, -0.15) is 18.3 Å². The van der Waals surface area contributed by atoms with Gasteiger partial charge in [0.15, 0.2) is 0 Å². The normalized spacial score (nSPS) is 11.8. The summed E-state index contributed by atoms with van der Waals surface area (Å²) < 4.78 is 40.8. The number of rotatable bonds is 2. The molecule has 0 radical (unpaired) electrons. The van der Waals surface area contributed by atoms with Crippen LogP contribution in [0.1, 0.15) is 5.56 Å². The van der Waals surface area contributed by atoms with E-state index in [1.807, 2.05) is 48.5 Å². The van der Waals surface area contributed by atoms with E-state index < -0.39 is 11.7 Å². The molecule has 0 saturated carbocycles. The number of aromatic nitrogens is 3. The Balaban J connectivity index is 2.02. The van der Waals surface area contributed by atoms with Gasteiger partial charge in [-0.3, -0.25) is 4.98 Å². The van der Waals surface area contributed by atoms with Gasteiger partial charge in [0.25, 0.3) is 0 Å². The number of fused-ring (bicyclic) bond motifs is 1. The van der Waals surface area contributed by atoms with E-state index in [0.717, 1.165) is 17.8 Å². The number of nitrogens with zero attached hydrogens (tertiary/aromatic N) is 3. The summed E-state index contributed by atoms with van der Waals surface area (Å²) >= 11 is 0. The summed E-state index contributed by atoms with van der Waals surface area (Å²) in [5.41, 5.74) is 1.98. The molecule has 0 aliphatic heterocycles. The van der Waals surface area contributed by atoms with E-state index in [1.165, 1.54) is 4.68 Å². The SMILES string of the molecule is FC(F)(F)c1cnc2c(-c3ccccc3)nn(-c3ccccc3)c2c1. The third-order valence-electron chi connectivity index (χ3n) is 3.90. The molecule has 0 aliphatic carbocycles. The zero-order chi connectivity index (χ0) is 17.4. The fraction of sp³-hybridized carbons (Fsp3) is 0.0526. The van der Waals surface area contributed by atoms with Crippen LogP contribution in [0, 0.1) is 0 Å². The molecule has 6 heteroatoms. The molecule has 0 spiro atoms. The van der Waals surface area contributed by atoms with Gasteiger partial charge in [0.2, 0.25) is 0 Å². The number of benzene rings is 2. The summed E-state index contributed by atoms with van der Waals surface area (Å²) in [5, 5.41) is 4.54. The quantitative estimate of drug-likeness (QED) is 0.508. The summed E-state index contributed by atoms with van der Waals surface area (Å²) in [7, 11) is 0. The maximum Gasteiger partial charge on any atom is 0.417 e. The predicted octanol–water partition coefficient (Wildman–Crippen LogP) is 5.11. The molecule has 0 amide bonds. The van der Waals surface area contributed by atoms with Crippen molar-refractivity contribution in [2.45, 2.75) is 6.18 Å². The van der Waals surface area contributed by atoms with Crippen molar-refractivity contribution in [2.75, 3.05) is 0 Å². The minimum Gasteiger partial charge on any atom is -0.252 e. The van der Waals surface area contributed by atoms with Gasteiger partial charge in [-0.25, -0.2) is 4.68 Å². The van der Waals surface area contributed by atoms with Crippen LogP contribution < -0.4 is 0 Å². The molecular weight excluding hydrogens is 327 g/mol. The number of hydrogen-bond acceptors (Lipinski definition) is 2. The summed E-state index contributed by atoms with van der Waals surface area (Å²) in [4.78, 5) is 4.07. The molecule has 0 bridgehead atoms. The molecule has 4 aromatic rings. The van der Waals surface area contributed by atoms with E-state index in [-0.39, 0.29) is 0 Å². The Morgan fingerprint density at radius 3 is 2.12 bits per heavy atom. The third kappa shape index (κ3) is 2.76. The van der Waals surface area contributed by atoms with E-state index in [4.69, 9.17) is 0 Å². The van der Waals surface area contributed by atoms with Crippen LogP contribution in [0.3, 0.4) is 0 Å². The molecule has 25 heavy (non-hydrogen) atoms. The minimum absolute atomic E-state index is 0.319. The average Bonchev–Trinajstić information content (AvgIpc) is 3.01. The molecule has 0 unspecified atom stereocenters. The van der Waals surface area contributed by atoms with E-state index in [0.29, 0.717) is 22.4 Å². The van der Waals surface area contributed by atoms with Crippen molar-refractivity contribution in [1.82, 2.24) is 14.8 Å². The van der Waals surface area contributed by atoms with E-state index >= 15 is 0 Å². The van der Waals surface area contributed by atoms with Crippen LogP contribution >= 0.6 is 0 Å². The lowest BCUT2D eigenvalue weighted by Crippen LogP contribution is -2.06.